The van der Waals surface area contributed by atoms with E-state index in [1.807, 2.05) is 6.92 Å². The van der Waals surface area contributed by atoms with Crippen molar-refractivity contribution in [1.82, 2.24) is 10.0 Å². The van der Waals surface area contributed by atoms with E-state index in [4.69, 9.17) is 4.74 Å². The number of rotatable bonds is 7. The Morgan fingerprint density at radius 2 is 1.95 bits per heavy atom. The molecule has 19 heavy (non-hydrogen) atoms. The van der Waals surface area contributed by atoms with E-state index in [9.17, 15) is 8.42 Å². The first-order valence-electron chi connectivity index (χ1n) is 5.54. The molecule has 0 unspecified atom stereocenters. The summed E-state index contributed by atoms with van der Waals surface area (Å²) in [6.07, 6.45) is 0. The summed E-state index contributed by atoms with van der Waals surface area (Å²) >= 11 is 3.25. The highest BCUT2D eigenvalue weighted by Gasteiger charge is 2.15. The molecule has 1 aromatic rings. The number of likely N-dealkylation sites (N-methyl/N-ethyl adjacent to an activating group) is 1. The molecule has 1 aromatic carbocycles. The molecule has 1 rings (SSSR count). The van der Waals surface area contributed by atoms with Gasteiger partial charge in [-0.25, -0.2) is 13.1 Å². The van der Waals surface area contributed by atoms with E-state index in [2.05, 4.69) is 26.0 Å². The van der Waals surface area contributed by atoms with Gasteiger partial charge >= 0.3 is 0 Å². The molecule has 0 aliphatic heterocycles. The molecular weight excluding hydrogens is 356 g/mol. The first-order chi connectivity index (χ1) is 8.49. The Hall–Kier alpha value is -0.340. The van der Waals surface area contributed by atoms with Crippen molar-refractivity contribution in [1.29, 1.82) is 0 Å². The number of benzene rings is 1. The molecular formula is C11H18BrClN2O3S. The van der Waals surface area contributed by atoms with Crippen molar-refractivity contribution in [2.24, 2.45) is 0 Å². The molecule has 0 aliphatic carbocycles. The minimum Gasteiger partial charge on any atom is -0.497 e. The summed E-state index contributed by atoms with van der Waals surface area (Å²) in [6, 6.07) is 4.73. The van der Waals surface area contributed by atoms with Crippen molar-refractivity contribution >= 4 is 38.4 Å². The van der Waals surface area contributed by atoms with Crippen molar-refractivity contribution in [2.75, 3.05) is 26.7 Å². The van der Waals surface area contributed by atoms with Crippen LogP contribution in [0, 0.1) is 0 Å². The summed E-state index contributed by atoms with van der Waals surface area (Å²) < 4.78 is 32.2. The maximum atomic E-state index is 12.0. The van der Waals surface area contributed by atoms with Crippen LogP contribution in [-0.2, 0) is 10.0 Å². The number of halogens is 2. The van der Waals surface area contributed by atoms with Crippen LogP contribution in [0.1, 0.15) is 6.92 Å². The van der Waals surface area contributed by atoms with Crippen LogP contribution in [-0.4, -0.2) is 35.2 Å². The lowest BCUT2D eigenvalue weighted by Gasteiger charge is -2.09. The Labute approximate surface area is 128 Å². The molecule has 0 aliphatic rings. The van der Waals surface area contributed by atoms with Gasteiger partial charge in [0.25, 0.3) is 0 Å². The van der Waals surface area contributed by atoms with E-state index in [1.54, 1.807) is 6.07 Å². The molecule has 0 radical (unpaired) electrons. The molecule has 0 aromatic heterocycles. The van der Waals surface area contributed by atoms with Gasteiger partial charge < -0.3 is 10.1 Å². The van der Waals surface area contributed by atoms with Gasteiger partial charge in [-0.1, -0.05) is 22.9 Å². The molecule has 0 atom stereocenters. The molecule has 0 fully saturated rings. The lowest BCUT2D eigenvalue weighted by atomic mass is 10.3. The second kappa shape index (κ2) is 8.76. The number of sulfonamides is 1. The monoisotopic (exact) mass is 372 g/mol. The topological polar surface area (TPSA) is 67.4 Å². The molecule has 0 saturated heterocycles. The number of nitrogens with one attached hydrogen (secondary N) is 2. The van der Waals surface area contributed by atoms with E-state index in [-0.39, 0.29) is 17.3 Å². The van der Waals surface area contributed by atoms with Gasteiger partial charge in [0.1, 0.15) is 5.75 Å². The van der Waals surface area contributed by atoms with Gasteiger partial charge in [-0.2, -0.15) is 0 Å². The Morgan fingerprint density at radius 3 is 2.53 bits per heavy atom. The molecule has 2 N–H and O–H groups in total. The highest BCUT2D eigenvalue weighted by molar-refractivity contribution is 9.10. The second-order valence-electron chi connectivity index (χ2n) is 3.58. The molecule has 0 amide bonds. The first-order valence-corrected chi connectivity index (χ1v) is 7.82. The molecule has 0 spiro atoms. The van der Waals surface area contributed by atoms with Gasteiger partial charge in [-0.05, 0) is 18.7 Å². The number of methoxy groups -OCH3 is 1. The van der Waals surface area contributed by atoms with E-state index >= 15 is 0 Å². The normalized spacial score (nSPS) is 10.9. The Kier molecular flexibility index (Phi) is 8.60. The lowest BCUT2D eigenvalue weighted by molar-refractivity contribution is 0.413. The summed E-state index contributed by atoms with van der Waals surface area (Å²) in [7, 11) is -2.00. The van der Waals surface area contributed by atoms with Crippen LogP contribution in [0.4, 0.5) is 0 Å². The van der Waals surface area contributed by atoms with E-state index in [0.29, 0.717) is 23.3 Å². The average molecular weight is 374 g/mol. The SMILES string of the molecule is CCNCCNS(=O)(=O)c1cc(Br)cc(OC)c1.Cl. The first kappa shape index (κ1) is 18.7. The standard InChI is InChI=1S/C11H17BrN2O3S.ClH/c1-3-13-4-5-14-18(15,16)11-7-9(12)6-10(8-11)17-2;/h6-8,13-14H,3-5H2,1-2H3;1H. The van der Waals surface area contributed by atoms with Crippen LogP contribution in [0.15, 0.2) is 27.6 Å². The Morgan fingerprint density at radius 1 is 1.26 bits per heavy atom. The van der Waals surface area contributed by atoms with Gasteiger partial charge in [-0.15, -0.1) is 12.4 Å². The fraction of sp³-hybridized carbons (Fsp3) is 0.455. The highest BCUT2D eigenvalue weighted by atomic mass is 79.9. The van der Waals surface area contributed by atoms with Gasteiger partial charge in [0, 0.05) is 23.6 Å². The number of ether oxygens (including phenoxy) is 1. The van der Waals surface area contributed by atoms with Gasteiger partial charge in [0.05, 0.1) is 12.0 Å². The van der Waals surface area contributed by atoms with Crippen LogP contribution >= 0.6 is 28.3 Å². The Balaban J connectivity index is 0.00000324. The fourth-order valence-electron chi connectivity index (χ4n) is 1.34. The lowest BCUT2D eigenvalue weighted by Crippen LogP contribution is -2.31. The summed E-state index contributed by atoms with van der Waals surface area (Å²) in [5.74, 6) is 0.497. The van der Waals surface area contributed by atoms with Crippen LogP contribution in [0.3, 0.4) is 0 Å². The van der Waals surface area contributed by atoms with Crippen molar-refractivity contribution in [3.05, 3.63) is 22.7 Å². The largest absolute Gasteiger partial charge is 0.497 e. The molecule has 0 saturated carbocycles. The zero-order chi connectivity index (χ0) is 13.6. The summed E-state index contributed by atoms with van der Waals surface area (Å²) in [6.45, 7) is 3.73. The summed E-state index contributed by atoms with van der Waals surface area (Å²) in [5, 5.41) is 3.05. The Bertz CT molecular complexity index is 497. The molecule has 110 valence electrons. The van der Waals surface area contributed by atoms with Crippen molar-refractivity contribution in [3.63, 3.8) is 0 Å². The van der Waals surface area contributed by atoms with E-state index in [0.717, 1.165) is 6.54 Å². The minimum atomic E-state index is -3.50. The summed E-state index contributed by atoms with van der Waals surface area (Å²) in [5.41, 5.74) is 0. The third-order valence-electron chi connectivity index (χ3n) is 2.23. The second-order valence-corrected chi connectivity index (χ2v) is 6.26. The molecule has 5 nitrogen and oxygen atoms in total. The van der Waals surface area contributed by atoms with E-state index in [1.165, 1.54) is 19.2 Å². The predicted octanol–water partition coefficient (Wildman–Crippen LogP) is 1.77. The highest BCUT2D eigenvalue weighted by Crippen LogP contribution is 2.23. The third kappa shape index (κ3) is 6.09. The zero-order valence-electron chi connectivity index (χ0n) is 10.8. The van der Waals surface area contributed by atoms with Crippen molar-refractivity contribution < 1.29 is 13.2 Å². The van der Waals surface area contributed by atoms with Crippen molar-refractivity contribution in [3.8, 4) is 5.75 Å². The van der Waals surface area contributed by atoms with E-state index < -0.39 is 10.0 Å². The smallest absolute Gasteiger partial charge is 0.240 e. The summed E-state index contributed by atoms with van der Waals surface area (Å²) in [4.78, 5) is 0.185. The number of hydrogen-bond donors (Lipinski definition) is 2. The molecule has 0 heterocycles. The fourth-order valence-corrected chi connectivity index (χ4v) is 3.06. The van der Waals surface area contributed by atoms with Gasteiger partial charge in [-0.3, -0.25) is 0 Å². The van der Waals surface area contributed by atoms with Crippen LogP contribution in [0.2, 0.25) is 0 Å². The maximum absolute atomic E-state index is 12.0. The van der Waals surface area contributed by atoms with Crippen molar-refractivity contribution in [2.45, 2.75) is 11.8 Å². The van der Waals surface area contributed by atoms with Crippen LogP contribution in [0.25, 0.3) is 0 Å². The predicted molar refractivity (Wildman–Crippen MR) is 81.7 cm³/mol. The maximum Gasteiger partial charge on any atom is 0.240 e. The minimum absolute atomic E-state index is 0. The quantitative estimate of drug-likeness (QED) is 0.715. The van der Waals surface area contributed by atoms with Crippen LogP contribution in [0.5, 0.6) is 5.75 Å². The zero-order valence-corrected chi connectivity index (χ0v) is 14.0. The average Bonchev–Trinajstić information content (AvgIpc) is 2.34. The molecule has 8 heteroatoms. The molecule has 0 bridgehead atoms. The van der Waals surface area contributed by atoms with Gasteiger partial charge in [0.15, 0.2) is 0 Å². The number of hydrogen-bond acceptors (Lipinski definition) is 4. The van der Waals surface area contributed by atoms with Crippen LogP contribution < -0.4 is 14.8 Å². The third-order valence-corrected chi connectivity index (χ3v) is 4.13. The van der Waals surface area contributed by atoms with Gasteiger partial charge in [0.2, 0.25) is 10.0 Å².